The average Bonchev–Trinajstić information content (AvgIpc) is 2.37. The molecule has 1 aromatic rings. The van der Waals surface area contributed by atoms with Crippen LogP contribution in [0.1, 0.15) is 0 Å². The molecule has 0 saturated heterocycles. The lowest BCUT2D eigenvalue weighted by atomic mass is 10.2. The number of amides is 1. The maximum absolute atomic E-state index is 10.8. The molecule has 1 amide bonds. The van der Waals surface area contributed by atoms with Crippen LogP contribution in [0.4, 0.5) is 16.2 Å². The second kappa shape index (κ2) is 7.21. The third-order valence-corrected chi connectivity index (χ3v) is 2.97. The third-order valence-electron chi connectivity index (χ3n) is 2.13. The van der Waals surface area contributed by atoms with Crippen molar-refractivity contribution < 1.29 is 29.8 Å². The van der Waals surface area contributed by atoms with E-state index < -0.39 is 29.4 Å². The summed E-state index contributed by atoms with van der Waals surface area (Å²) in [5, 5.41) is 39.2. The van der Waals surface area contributed by atoms with E-state index in [2.05, 4.69) is 0 Å². The maximum atomic E-state index is 10.8. The van der Waals surface area contributed by atoms with Crippen LogP contribution in [0.3, 0.4) is 0 Å². The average molecular weight is 398 g/mol. The molecule has 1 atom stereocenters. The third kappa shape index (κ3) is 4.47. The summed E-state index contributed by atoms with van der Waals surface area (Å²) in [4.78, 5) is 20.7. The summed E-state index contributed by atoms with van der Waals surface area (Å²) in [6, 6.07) is 2.30. The number of ether oxygens (including phenoxy) is 1. The van der Waals surface area contributed by atoms with Gasteiger partial charge in [-0.1, -0.05) is 0 Å². The molecule has 0 aromatic heterocycles. The number of nitrogens with one attached hydrogen (secondary N) is 1. The van der Waals surface area contributed by atoms with E-state index in [0.717, 1.165) is 12.1 Å². The standard InChI is InChI=1S/C10H11IN2O7/c11-6-1-8(13(18)19)7(12-10(16)17)2-9(6)20-4-5(15)3-14/h1-2,5,12,14-15H,3-4H2,(H,16,17). The largest absolute Gasteiger partial charge is 0.490 e. The zero-order chi connectivity index (χ0) is 15.3. The molecule has 1 aromatic carbocycles. The van der Waals surface area contributed by atoms with Gasteiger partial charge in [0, 0.05) is 12.1 Å². The van der Waals surface area contributed by atoms with Crippen LogP contribution in [0.5, 0.6) is 5.75 Å². The first kappa shape index (κ1) is 16.4. The summed E-state index contributed by atoms with van der Waals surface area (Å²) in [5.41, 5.74) is -0.650. The predicted octanol–water partition coefficient (Wildman–Crippen LogP) is 1.02. The van der Waals surface area contributed by atoms with E-state index in [-0.39, 0.29) is 18.0 Å². The molecule has 0 aliphatic heterocycles. The van der Waals surface area contributed by atoms with Crippen molar-refractivity contribution in [1.82, 2.24) is 0 Å². The van der Waals surface area contributed by atoms with E-state index >= 15 is 0 Å². The van der Waals surface area contributed by atoms with E-state index in [1.54, 1.807) is 22.6 Å². The van der Waals surface area contributed by atoms with E-state index in [4.69, 9.17) is 14.9 Å². The quantitative estimate of drug-likeness (QED) is 0.318. The Hall–Kier alpha value is -1.66. The summed E-state index contributed by atoms with van der Waals surface area (Å²) < 4.78 is 5.54. The van der Waals surface area contributed by atoms with Crippen molar-refractivity contribution in [2.45, 2.75) is 6.10 Å². The van der Waals surface area contributed by atoms with E-state index in [0.29, 0.717) is 3.57 Å². The monoisotopic (exact) mass is 398 g/mol. The van der Waals surface area contributed by atoms with Crippen LogP contribution in [0, 0.1) is 13.7 Å². The Morgan fingerprint density at radius 1 is 1.55 bits per heavy atom. The van der Waals surface area contributed by atoms with Gasteiger partial charge in [-0.2, -0.15) is 0 Å². The van der Waals surface area contributed by atoms with Crippen molar-refractivity contribution in [3.63, 3.8) is 0 Å². The lowest BCUT2D eigenvalue weighted by Gasteiger charge is -2.12. The number of benzene rings is 1. The van der Waals surface area contributed by atoms with Crippen LogP contribution in [-0.2, 0) is 0 Å². The SMILES string of the molecule is O=C(O)Nc1cc(OCC(O)CO)c(I)cc1[N+](=O)[O-]. The van der Waals surface area contributed by atoms with E-state index in [1.807, 2.05) is 5.32 Å². The highest BCUT2D eigenvalue weighted by Crippen LogP contribution is 2.33. The molecule has 0 spiro atoms. The molecule has 110 valence electrons. The second-order valence-electron chi connectivity index (χ2n) is 3.63. The minimum atomic E-state index is -1.45. The minimum absolute atomic E-state index is 0.160. The van der Waals surface area contributed by atoms with Crippen LogP contribution in [0.15, 0.2) is 12.1 Å². The van der Waals surface area contributed by atoms with E-state index in [1.165, 1.54) is 0 Å². The fourth-order valence-electron chi connectivity index (χ4n) is 1.26. The first-order valence-electron chi connectivity index (χ1n) is 5.24. The van der Waals surface area contributed by atoms with Crippen molar-refractivity contribution in [3.05, 3.63) is 25.8 Å². The van der Waals surface area contributed by atoms with Crippen LogP contribution in [0.25, 0.3) is 0 Å². The van der Waals surface area contributed by atoms with Gasteiger partial charge in [-0.15, -0.1) is 0 Å². The van der Waals surface area contributed by atoms with Gasteiger partial charge in [0.2, 0.25) is 0 Å². The van der Waals surface area contributed by atoms with Gasteiger partial charge in [-0.05, 0) is 22.6 Å². The number of aliphatic hydroxyl groups is 2. The fourth-order valence-corrected chi connectivity index (χ4v) is 1.86. The molecule has 9 nitrogen and oxygen atoms in total. The molecular weight excluding hydrogens is 387 g/mol. The topological polar surface area (TPSA) is 142 Å². The van der Waals surface area contributed by atoms with Gasteiger partial charge in [-0.3, -0.25) is 15.4 Å². The summed E-state index contributed by atoms with van der Waals surface area (Å²) in [6.07, 6.45) is -2.55. The van der Waals surface area contributed by atoms with Gasteiger partial charge < -0.3 is 20.1 Å². The summed E-state index contributed by atoms with van der Waals surface area (Å²) in [7, 11) is 0. The number of nitrogens with zero attached hydrogens (tertiary/aromatic N) is 1. The number of anilines is 1. The number of hydrogen-bond donors (Lipinski definition) is 4. The van der Waals surface area contributed by atoms with Gasteiger partial charge in [0.25, 0.3) is 5.69 Å². The Morgan fingerprint density at radius 2 is 2.20 bits per heavy atom. The number of nitro benzene ring substituents is 1. The summed E-state index contributed by atoms with van der Waals surface area (Å²) in [6.45, 7) is -0.722. The molecular formula is C10H11IN2O7. The molecule has 0 radical (unpaired) electrons. The molecule has 0 heterocycles. The number of nitro groups is 1. The Labute approximate surface area is 126 Å². The lowest BCUT2D eigenvalue weighted by molar-refractivity contribution is -0.384. The van der Waals surface area contributed by atoms with Crippen molar-refractivity contribution >= 4 is 40.1 Å². The number of hydrogen-bond acceptors (Lipinski definition) is 6. The normalized spacial score (nSPS) is 11.8. The number of halogens is 1. The van der Waals surface area contributed by atoms with Crippen LogP contribution < -0.4 is 10.1 Å². The van der Waals surface area contributed by atoms with Crippen LogP contribution >= 0.6 is 22.6 Å². The van der Waals surface area contributed by atoms with Gasteiger partial charge in [0.05, 0.1) is 15.1 Å². The Balaban J connectivity index is 3.07. The number of rotatable bonds is 6. The molecule has 10 heteroatoms. The molecule has 1 rings (SSSR count). The van der Waals surface area contributed by atoms with Gasteiger partial charge in [0.15, 0.2) is 0 Å². The Morgan fingerprint density at radius 3 is 2.70 bits per heavy atom. The molecule has 20 heavy (non-hydrogen) atoms. The van der Waals surface area contributed by atoms with Crippen molar-refractivity contribution in [1.29, 1.82) is 0 Å². The molecule has 4 N–H and O–H groups in total. The van der Waals surface area contributed by atoms with Gasteiger partial charge in [0.1, 0.15) is 24.1 Å². The molecule has 0 saturated carbocycles. The first-order valence-corrected chi connectivity index (χ1v) is 6.32. The zero-order valence-corrected chi connectivity index (χ0v) is 12.1. The zero-order valence-electron chi connectivity index (χ0n) is 9.95. The van der Waals surface area contributed by atoms with Crippen molar-refractivity contribution in [3.8, 4) is 5.75 Å². The van der Waals surface area contributed by atoms with Crippen LogP contribution in [0.2, 0.25) is 0 Å². The molecule has 0 fully saturated rings. The minimum Gasteiger partial charge on any atom is -0.490 e. The second-order valence-corrected chi connectivity index (χ2v) is 4.80. The first-order chi connectivity index (χ1) is 9.35. The van der Waals surface area contributed by atoms with Crippen LogP contribution in [-0.4, -0.2) is 45.7 Å². The Bertz CT molecular complexity index is 523. The number of carbonyl (C=O) groups is 1. The maximum Gasteiger partial charge on any atom is 0.409 e. The fraction of sp³-hybridized carbons (Fsp3) is 0.300. The predicted molar refractivity (Wildman–Crippen MR) is 76.0 cm³/mol. The summed E-state index contributed by atoms with van der Waals surface area (Å²) in [5.74, 6) is 0.160. The molecule has 0 bridgehead atoms. The Kier molecular flexibility index (Phi) is 5.91. The highest BCUT2D eigenvalue weighted by Gasteiger charge is 2.20. The number of carboxylic acid groups (broad SMARTS) is 1. The van der Waals surface area contributed by atoms with Gasteiger partial charge in [-0.25, -0.2) is 4.79 Å². The molecule has 0 aliphatic rings. The van der Waals surface area contributed by atoms with Crippen molar-refractivity contribution in [2.75, 3.05) is 18.5 Å². The van der Waals surface area contributed by atoms with Crippen molar-refractivity contribution in [2.24, 2.45) is 0 Å². The highest BCUT2D eigenvalue weighted by atomic mass is 127. The molecule has 0 aliphatic carbocycles. The molecule has 1 unspecified atom stereocenters. The number of aliphatic hydroxyl groups excluding tert-OH is 2. The van der Waals surface area contributed by atoms with E-state index in [9.17, 15) is 20.0 Å². The summed E-state index contributed by atoms with van der Waals surface area (Å²) >= 11 is 1.78. The lowest BCUT2D eigenvalue weighted by Crippen LogP contribution is -2.21. The smallest absolute Gasteiger partial charge is 0.409 e. The highest BCUT2D eigenvalue weighted by molar-refractivity contribution is 14.1. The van der Waals surface area contributed by atoms with Gasteiger partial charge >= 0.3 is 6.09 Å².